The zero-order valence-corrected chi connectivity index (χ0v) is 15.9. The van der Waals surface area contributed by atoms with E-state index in [1.807, 2.05) is 0 Å². The van der Waals surface area contributed by atoms with Crippen LogP contribution in [-0.2, 0) is 11.3 Å². The summed E-state index contributed by atoms with van der Waals surface area (Å²) in [6.45, 7) is 0.557. The number of aromatic hydroxyl groups is 1. The largest absolute Gasteiger partial charge is 0.506 e. The van der Waals surface area contributed by atoms with E-state index in [9.17, 15) is 14.3 Å². The number of nitrogens with zero attached hydrogens (tertiary/aromatic N) is 2. The number of aromatic nitrogens is 1. The van der Waals surface area contributed by atoms with Crippen molar-refractivity contribution in [2.45, 2.75) is 13.0 Å². The number of nitrogens with two attached hydrogens (primary N) is 1. The third kappa shape index (κ3) is 3.74. The van der Waals surface area contributed by atoms with Crippen LogP contribution in [0.2, 0.25) is 0 Å². The van der Waals surface area contributed by atoms with Crippen molar-refractivity contribution < 1.29 is 19.0 Å². The first kappa shape index (κ1) is 19.6. The van der Waals surface area contributed by atoms with Gasteiger partial charge in [0.1, 0.15) is 10.7 Å². The highest BCUT2D eigenvalue weighted by atomic mass is 32.1. The maximum Gasteiger partial charge on any atom is 0.263 e. The molecule has 1 aliphatic rings. The minimum atomic E-state index is -0.564. The highest BCUT2D eigenvalue weighted by Gasteiger charge is 2.32. The van der Waals surface area contributed by atoms with Crippen LogP contribution >= 0.6 is 12.2 Å². The number of pyridine rings is 1. The second-order valence-corrected chi connectivity index (χ2v) is 6.51. The molecule has 0 unspecified atom stereocenters. The number of anilines is 1. The first-order valence-electron chi connectivity index (χ1n) is 8.47. The van der Waals surface area contributed by atoms with Crippen LogP contribution in [0.5, 0.6) is 11.5 Å². The Bertz CT molecular complexity index is 964. The molecule has 2 aromatic rings. The summed E-state index contributed by atoms with van der Waals surface area (Å²) in [4.78, 5) is 18.2. The van der Waals surface area contributed by atoms with E-state index in [-0.39, 0.29) is 35.2 Å². The number of nitrogens with one attached hydrogen (secondary N) is 1. The second kappa shape index (κ2) is 8.22. The molecule has 3 rings (SSSR count). The monoisotopic (exact) mass is 402 g/mol. The van der Waals surface area contributed by atoms with E-state index < -0.39 is 11.7 Å². The number of rotatable bonds is 6. The number of methoxy groups -OCH3 is 1. The van der Waals surface area contributed by atoms with Crippen LogP contribution in [0.15, 0.2) is 47.9 Å². The summed E-state index contributed by atoms with van der Waals surface area (Å²) in [7, 11) is 1.34. The number of thiocarbonyl (C=S) groups is 1. The highest BCUT2D eigenvalue weighted by Crippen LogP contribution is 2.34. The van der Waals surface area contributed by atoms with Crippen LogP contribution < -0.4 is 20.7 Å². The average molecular weight is 402 g/mol. The molecule has 0 saturated heterocycles. The van der Waals surface area contributed by atoms with Crippen molar-refractivity contribution >= 4 is 28.8 Å². The predicted octanol–water partition coefficient (Wildman–Crippen LogP) is 2.00. The highest BCUT2D eigenvalue weighted by molar-refractivity contribution is 7.80. The number of ether oxygens (including phenoxy) is 1. The number of hydrogen-bond acceptors (Lipinski definition) is 6. The van der Waals surface area contributed by atoms with Crippen LogP contribution in [-0.4, -0.2) is 34.6 Å². The van der Waals surface area contributed by atoms with Crippen LogP contribution in [0.3, 0.4) is 0 Å². The van der Waals surface area contributed by atoms with Crippen molar-refractivity contribution in [2.24, 2.45) is 5.73 Å². The van der Waals surface area contributed by atoms with Gasteiger partial charge in [-0.2, -0.15) is 0 Å². The summed E-state index contributed by atoms with van der Waals surface area (Å²) in [5.41, 5.74) is 7.46. The summed E-state index contributed by atoms with van der Waals surface area (Å²) >= 11 is 5.08. The van der Waals surface area contributed by atoms with Gasteiger partial charge in [0.15, 0.2) is 11.6 Å². The van der Waals surface area contributed by atoms with Gasteiger partial charge in [-0.3, -0.25) is 9.78 Å². The number of amides is 1. The predicted molar refractivity (Wildman–Crippen MR) is 106 cm³/mol. The molecule has 4 N–H and O–H groups in total. The zero-order chi connectivity index (χ0) is 20.3. The van der Waals surface area contributed by atoms with Crippen molar-refractivity contribution in [1.82, 2.24) is 10.3 Å². The summed E-state index contributed by atoms with van der Waals surface area (Å²) in [5.74, 6) is -0.980. The summed E-state index contributed by atoms with van der Waals surface area (Å²) in [6, 6.07) is 6.03. The van der Waals surface area contributed by atoms with Gasteiger partial charge in [-0.1, -0.05) is 18.3 Å². The van der Waals surface area contributed by atoms with Crippen molar-refractivity contribution in [3.05, 3.63) is 59.3 Å². The summed E-state index contributed by atoms with van der Waals surface area (Å²) in [5, 5.41) is 13.0. The molecule has 7 nitrogen and oxygen atoms in total. The van der Waals surface area contributed by atoms with Gasteiger partial charge in [0.05, 0.1) is 24.6 Å². The van der Waals surface area contributed by atoms with Crippen molar-refractivity contribution in [1.29, 1.82) is 0 Å². The number of para-hydroxylation sites is 1. The van der Waals surface area contributed by atoms with Crippen LogP contribution in [0.25, 0.3) is 0 Å². The third-order valence-corrected chi connectivity index (χ3v) is 4.62. The molecule has 146 valence electrons. The van der Waals surface area contributed by atoms with Crippen molar-refractivity contribution in [2.75, 3.05) is 18.6 Å². The molecule has 0 radical (unpaired) electrons. The molecule has 1 aromatic carbocycles. The molecule has 0 saturated carbocycles. The molecule has 28 heavy (non-hydrogen) atoms. The SMILES string of the molecule is COc1c(F)cccc1N1CCC(NCc2ccncc2O)=C(C(N)=S)C1=O. The van der Waals surface area contributed by atoms with Gasteiger partial charge >= 0.3 is 0 Å². The van der Waals surface area contributed by atoms with E-state index in [1.165, 1.54) is 30.3 Å². The Kier molecular flexibility index (Phi) is 5.74. The second-order valence-electron chi connectivity index (χ2n) is 6.07. The van der Waals surface area contributed by atoms with E-state index in [0.29, 0.717) is 23.4 Å². The molecule has 9 heteroatoms. The lowest BCUT2D eigenvalue weighted by atomic mass is 10.0. The molecule has 0 aliphatic carbocycles. The molecule has 0 fully saturated rings. The Balaban J connectivity index is 1.91. The first-order valence-corrected chi connectivity index (χ1v) is 8.88. The summed E-state index contributed by atoms with van der Waals surface area (Å²) in [6.07, 6.45) is 3.32. The lowest BCUT2D eigenvalue weighted by molar-refractivity contribution is -0.115. The third-order valence-electron chi connectivity index (χ3n) is 4.41. The van der Waals surface area contributed by atoms with Gasteiger partial charge < -0.3 is 25.8 Å². The summed E-state index contributed by atoms with van der Waals surface area (Å²) < 4.78 is 19.2. The molecule has 0 spiro atoms. The lowest BCUT2D eigenvalue weighted by Crippen LogP contribution is -2.43. The van der Waals surface area contributed by atoms with Gasteiger partial charge in [0, 0.05) is 37.0 Å². The number of benzene rings is 1. The Labute approximate surface area is 166 Å². The fourth-order valence-corrected chi connectivity index (χ4v) is 3.26. The Morgan fingerprint density at radius 1 is 1.46 bits per heavy atom. The Hall–Kier alpha value is -3.20. The van der Waals surface area contributed by atoms with E-state index >= 15 is 0 Å². The molecule has 1 aromatic heterocycles. The van der Waals surface area contributed by atoms with E-state index in [1.54, 1.807) is 18.3 Å². The van der Waals surface area contributed by atoms with Gasteiger partial charge in [-0.15, -0.1) is 0 Å². The van der Waals surface area contributed by atoms with Gasteiger partial charge in [-0.25, -0.2) is 4.39 Å². The topological polar surface area (TPSA) is 101 Å². The Morgan fingerprint density at radius 2 is 2.25 bits per heavy atom. The standard InChI is InChI=1S/C19H19FN4O3S/c1-27-17-12(20)3-2-4-14(17)24-8-6-13(16(18(21)28)19(24)26)23-9-11-5-7-22-10-15(11)25/h2-5,7,10,23,25H,6,8-9H2,1H3,(H2,21,28). The quantitative estimate of drug-likeness (QED) is 0.636. The molecule has 1 amide bonds. The minimum Gasteiger partial charge on any atom is -0.506 e. The molecule has 0 bridgehead atoms. The number of carbonyl (C=O) groups excluding carboxylic acids is 1. The Morgan fingerprint density at radius 3 is 2.93 bits per heavy atom. The average Bonchev–Trinajstić information content (AvgIpc) is 2.67. The number of hydrogen-bond donors (Lipinski definition) is 3. The fourth-order valence-electron chi connectivity index (χ4n) is 3.05. The maximum atomic E-state index is 14.0. The maximum absolute atomic E-state index is 14.0. The van der Waals surface area contributed by atoms with Gasteiger partial charge in [0.25, 0.3) is 5.91 Å². The van der Waals surface area contributed by atoms with Crippen LogP contribution in [0, 0.1) is 5.82 Å². The van der Waals surface area contributed by atoms with Crippen LogP contribution in [0.4, 0.5) is 10.1 Å². The van der Waals surface area contributed by atoms with E-state index in [2.05, 4.69) is 10.3 Å². The van der Waals surface area contributed by atoms with E-state index in [4.69, 9.17) is 22.7 Å². The molecule has 2 heterocycles. The molecular formula is C19H19FN4O3S. The molecule has 0 atom stereocenters. The normalized spacial score (nSPS) is 14.2. The lowest BCUT2D eigenvalue weighted by Gasteiger charge is -2.31. The molecular weight excluding hydrogens is 383 g/mol. The fraction of sp³-hybridized carbons (Fsp3) is 0.211. The number of carbonyl (C=O) groups is 1. The smallest absolute Gasteiger partial charge is 0.263 e. The van der Waals surface area contributed by atoms with Crippen molar-refractivity contribution in [3.63, 3.8) is 0 Å². The first-order chi connectivity index (χ1) is 13.4. The van der Waals surface area contributed by atoms with Gasteiger partial charge in [0.2, 0.25) is 0 Å². The van der Waals surface area contributed by atoms with E-state index in [0.717, 1.165) is 0 Å². The van der Waals surface area contributed by atoms with Gasteiger partial charge in [-0.05, 0) is 18.2 Å². The molecule has 1 aliphatic heterocycles. The van der Waals surface area contributed by atoms with Crippen LogP contribution in [0.1, 0.15) is 12.0 Å². The van der Waals surface area contributed by atoms with Crippen molar-refractivity contribution in [3.8, 4) is 11.5 Å². The minimum absolute atomic E-state index is 0.0174. The zero-order valence-electron chi connectivity index (χ0n) is 15.1. The number of halogens is 1.